The van der Waals surface area contributed by atoms with Crippen LogP contribution in [0.3, 0.4) is 0 Å². The normalized spacial score (nSPS) is 10.6. The molecule has 3 N–H and O–H groups in total. The molecular weight excluding hydrogens is 248 g/mol. The summed E-state index contributed by atoms with van der Waals surface area (Å²) >= 11 is 0. The molecular formula is C17H20N2O. The SMILES string of the molecule is CC(C)c1ccccc1NCC(=O)c1cccc(N)c1. The Hall–Kier alpha value is -2.29. The first-order valence-electron chi connectivity index (χ1n) is 6.79. The van der Waals surface area contributed by atoms with Gasteiger partial charge in [0.25, 0.3) is 0 Å². The fourth-order valence-electron chi connectivity index (χ4n) is 2.15. The number of hydrogen-bond acceptors (Lipinski definition) is 3. The summed E-state index contributed by atoms with van der Waals surface area (Å²) in [6, 6.07) is 15.1. The van der Waals surface area contributed by atoms with Crippen LogP contribution < -0.4 is 11.1 Å². The van der Waals surface area contributed by atoms with E-state index in [0.29, 0.717) is 17.2 Å². The van der Waals surface area contributed by atoms with Crippen LogP contribution in [0.5, 0.6) is 0 Å². The zero-order valence-corrected chi connectivity index (χ0v) is 11.9. The van der Waals surface area contributed by atoms with E-state index >= 15 is 0 Å². The number of benzene rings is 2. The van der Waals surface area contributed by atoms with Gasteiger partial charge in [-0.3, -0.25) is 4.79 Å². The second-order valence-electron chi connectivity index (χ2n) is 5.14. The van der Waals surface area contributed by atoms with Crippen LogP contribution in [0.4, 0.5) is 11.4 Å². The second kappa shape index (κ2) is 6.24. The van der Waals surface area contributed by atoms with Crippen molar-refractivity contribution in [3.05, 3.63) is 59.7 Å². The van der Waals surface area contributed by atoms with Crippen LogP contribution >= 0.6 is 0 Å². The maximum absolute atomic E-state index is 12.1. The van der Waals surface area contributed by atoms with Crippen LogP contribution in [0.2, 0.25) is 0 Å². The monoisotopic (exact) mass is 268 g/mol. The highest BCUT2D eigenvalue weighted by atomic mass is 16.1. The average Bonchev–Trinajstić information content (AvgIpc) is 2.45. The van der Waals surface area contributed by atoms with Crippen molar-refractivity contribution in [3.63, 3.8) is 0 Å². The predicted molar refractivity (Wildman–Crippen MR) is 84.2 cm³/mol. The number of carbonyl (C=O) groups excluding carboxylic acids is 1. The summed E-state index contributed by atoms with van der Waals surface area (Å²) in [5.74, 6) is 0.456. The number of nitrogen functional groups attached to an aromatic ring is 1. The Bertz CT molecular complexity index is 605. The molecule has 0 aromatic heterocycles. The number of ketones is 1. The molecule has 20 heavy (non-hydrogen) atoms. The molecule has 2 aromatic carbocycles. The average molecular weight is 268 g/mol. The molecule has 0 saturated carbocycles. The van der Waals surface area contributed by atoms with E-state index in [1.807, 2.05) is 18.2 Å². The molecule has 0 atom stereocenters. The van der Waals surface area contributed by atoms with E-state index in [1.54, 1.807) is 24.3 Å². The summed E-state index contributed by atoms with van der Waals surface area (Å²) in [5.41, 5.74) is 9.17. The maximum Gasteiger partial charge on any atom is 0.181 e. The van der Waals surface area contributed by atoms with Gasteiger partial charge in [-0.05, 0) is 29.7 Å². The molecule has 0 unspecified atom stereocenters. The Morgan fingerprint density at radius 1 is 1.15 bits per heavy atom. The van der Waals surface area contributed by atoms with Crippen LogP contribution in [-0.4, -0.2) is 12.3 Å². The van der Waals surface area contributed by atoms with Crippen molar-refractivity contribution in [2.75, 3.05) is 17.6 Å². The maximum atomic E-state index is 12.1. The molecule has 3 nitrogen and oxygen atoms in total. The molecule has 2 rings (SSSR count). The second-order valence-corrected chi connectivity index (χ2v) is 5.14. The van der Waals surface area contributed by atoms with Gasteiger partial charge in [0, 0.05) is 16.9 Å². The molecule has 0 amide bonds. The highest BCUT2D eigenvalue weighted by molar-refractivity contribution is 5.99. The quantitative estimate of drug-likeness (QED) is 0.642. The molecule has 0 saturated heterocycles. The number of nitrogens with two attached hydrogens (primary N) is 1. The van der Waals surface area contributed by atoms with Crippen molar-refractivity contribution in [2.24, 2.45) is 0 Å². The Kier molecular flexibility index (Phi) is 4.41. The van der Waals surface area contributed by atoms with Gasteiger partial charge in [-0.1, -0.05) is 44.2 Å². The van der Waals surface area contributed by atoms with Crippen molar-refractivity contribution in [1.82, 2.24) is 0 Å². The van der Waals surface area contributed by atoms with Crippen molar-refractivity contribution in [1.29, 1.82) is 0 Å². The Morgan fingerprint density at radius 3 is 2.60 bits per heavy atom. The molecule has 0 spiro atoms. The van der Waals surface area contributed by atoms with Crippen molar-refractivity contribution in [2.45, 2.75) is 19.8 Å². The molecule has 0 aliphatic heterocycles. The first-order chi connectivity index (χ1) is 9.58. The van der Waals surface area contributed by atoms with E-state index < -0.39 is 0 Å². The van der Waals surface area contributed by atoms with Gasteiger partial charge in [-0.25, -0.2) is 0 Å². The van der Waals surface area contributed by atoms with Gasteiger partial charge in [0.2, 0.25) is 0 Å². The van der Waals surface area contributed by atoms with E-state index in [1.165, 1.54) is 5.56 Å². The standard InChI is InChI=1S/C17H20N2O/c1-12(2)15-8-3-4-9-16(15)19-11-17(20)13-6-5-7-14(18)10-13/h3-10,12,19H,11,18H2,1-2H3. The van der Waals surface area contributed by atoms with E-state index in [9.17, 15) is 4.79 Å². The van der Waals surface area contributed by atoms with Gasteiger partial charge in [-0.2, -0.15) is 0 Å². The Morgan fingerprint density at radius 2 is 1.90 bits per heavy atom. The van der Waals surface area contributed by atoms with Gasteiger partial charge in [0.1, 0.15) is 0 Å². The topological polar surface area (TPSA) is 55.1 Å². The minimum atomic E-state index is 0.0378. The molecule has 104 valence electrons. The van der Waals surface area contributed by atoms with Crippen LogP contribution in [0.15, 0.2) is 48.5 Å². The Labute approximate surface area is 119 Å². The number of hydrogen-bond donors (Lipinski definition) is 2. The molecule has 2 aromatic rings. The molecule has 3 heteroatoms. The smallest absolute Gasteiger partial charge is 0.181 e. The van der Waals surface area contributed by atoms with Crippen LogP contribution in [-0.2, 0) is 0 Å². The number of anilines is 2. The lowest BCUT2D eigenvalue weighted by Crippen LogP contribution is -2.15. The van der Waals surface area contributed by atoms with Gasteiger partial charge in [0.15, 0.2) is 5.78 Å². The summed E-state index contributed by atoms with van der Waals surface area (Å²) in [6.45, 7) is 4.55. The lowest BCUT2D eigenvalue weighted by atomic mass is 10.0. The van der Waals surface area contributed by atoms with Crippen molar-refractivity contribution >= 4 is 17.2 Å². The van der Waals surface area contributed by atoms with Crippen molar-refractivity contribution in [3.8, 4) is 0 Å². The molecule has 0 radical (unpaired) electrons. The van der Waals surface area contributed by atoms with Crippen molar-refractivity contribution < 1.29 is 4.79 Å². The number of carbonyl (C=O) groups is 1. The number of nitrogens with one attached hydrogen (secondary N) is 1. The number of para-hydroxylation sites is 1. The fraction of sp³-hybridized carbons (Fsp3) is 0.235. The summed E-state index contributed by atoms with van der Waals surface area (Å²) in [7, 11) is 0. The number of Topliss-reactive ketones (excluding diaryl/α,β-unsaturated/α-hetero) is 1. The van der Waals surface area contributed by atoms with Gasteiger partial charge >= 0.3 is 0 Å². The first kappa shape index (κ1) is 14.1. The molecule has 0 bridgehead atoms. The van der Waals surface area contributed by atoms with Gasteiger partial charge in [0.05, 0.1) is 6.54 Å². The molecule has 0 aliphatic carbocycles. The lowest BCUT2D eigenvalue weighted by Gasteiger charge is -2.14. The number of rotatable bonds is 5. The fourth-order valence-corrected chi connectivity index (χ4v) is 2.15. The minimum Gasteiger partial charge on any atom is -0.399 e. The van der Waals surface area contributed by atoms with Gasteiger partial charge in [-0.15, -0.1) is 0 Å². The minimum absolute atomic E-state index is 0.0378. The lowest BCUT2D eigenvalue weighted by molar-refractivity contribution is 0.101. The van der Waals surface area contributed by atoms with Crippen LogP contribution in [0.1, 0.15) is 35.7 Å². The van der Waals surface area contributed by atoms with E-state index in [4.69, 9.17) is 5.73 Å². The Balaban J connectivity index is 2.07. The van der Waals surface area contributed by atoms with E-state index in [0.717, 1.165) is 5.69 Å². The molecule has 0 aliphatic rings. The molecule has 0 heterocycles. The highest BCUT2D eigenvalue weighted by Crippen LogP contribution is 2.23. The summed E-state index contributed by atoms with van der Waals surface area (Å²) < 4.78 is 0. The predicted octanol–water partition coefficient (Wildman–Crippen LogP) is 3.69. The third kappa shape index (κ3) is 3.38. The zero-order valence-electron chi connectivity index (χ0n) is 11.9. The summed E-state index contributed by atoms with van der Waals surface area (Å²) in [4.78, 5) is 12.1. The molecule has 0 fully saturated rings. The van der Waals surface area contributed by atoms with E-state index in [2.05, 4.69) is 25.2 Å². The largest absolute Gasteiger partial charge is 0.399 e. The van der Waals surface area contributed by atoms with Crippen LogP contribution in [0, 0.1) is 0 Å². The third-order valence-corrected chi connectivity index (χ3v) is 3.23. The highest BCUT2D eigenvalue weighted by Gasteiger charge is 2.09. The van der Waals surface area contributed by atoms with E-state index in [-0.39, 0.29) is 12.3 Å². The van der Waals surface area contributed by atoms with Crippen LogP contribution in [0.25, 0.3) is 0 Å². The van der Waals surface area contributed by atoms with Gasteiger partial charge < -0.3 is 11.1 Å². The first-order valence-corrected chi connectivity index (χ1v) is 6.79. The zero-order chi connectivity index (χ0) is 14.5. The summed E-state index contributed by atoms with van der Waals surface area (Å²) in [5, 5.41) is 3.22. The summed E-state index contributed by atoms with van der Waals surface area (Å²) in [6.07, 6.45) is 0. The third-order valence-electron chi connectivity index (χ3n) is 3.23.